The first-order valence-corrected chi connectivity index (χ1v) is 8.66. The summed E-state index contributed by atoms with van der Waals surface area (Å²) in [6.07, 6.45) is 2.32. The molecule has 1 aliphatic rings. The van der Waals surface area contributed by atoms with E-state index in [2.05, 4.69) is 10.2 Å². The van der Waals surface area contributed by atoms with Crippen LogP contribution in [-0.2, 0) is 16.9 Å². The molecule has 2 aromatic heterocycles. The second-order valence-electron chi connectivity index (χ2n) is 5.64. The van der Waals surface area contributed by atoms with Crippen LogP contribution in [0.5, 0.6) is 0 Å². The zero-order chi connectivity index (χ0) is 15.4. The van der Waals surface area contributed by atoms with Gasteiger partial charge in [-0.05, 0) is 20.3 Å². The van der Waals surface area contributed by atoms with Crippen molar-refractivity contribution in [2.24, 2.45) is 7.05 Å². The predicted octanol–water partition coefficient (Wildman–Crippen LogP) is 0.842. The summed E-state index contributed by atoms with van der Waals surface area (Å²) >= 11 is 0. The van der Waals surface area contributed by atoms with Gasteiger partial charge in [-0.1, -0.05) is 0 Å². The lowest BCUT2D eigenvalue weighted by molar-refractivity contribution is 0.501. The molecule has 0 radical (unpaired) electrons. The summed E-state index contributed by atoms with van der Waals surface area (Å²) < 4.78 is 26.7. The highest BCUT2D eigenvalue weighted by molar-refractivity contribution is 7.91. The summed E-state index contributed by atoms with van der Waals surface area (Å²) in [6.45, 7) is 3.88. The molecule has 2 aromatic rings. The number of nitrogen functional groups attached to an aromatic ring is 1. The summed E-state index contributed by atoms with van der Waals surface area (Å²) in [5.74, 6) is 0.357. The number of rotatable bonds is 2. The van der Waals surface area contributed by atoms with Crippen LogP contribution >= 0.6 is 0 Å². The fourth-order valence-electron chi connectivity index (χ4n) is 2.89. The van der Waals surface area contributed by atoms with E-state index in [9.17, 15) is 8.42 Å². The lowest BCUT2D eigenvalue weighted by Gasteiger charge is -2.07. The fraction of sp³-hybridized carbons (Fsp3) is 0.538. The molecule has 1 saturated heterocycles. The van der Waals surface area contributed by atoms with Gasteiger partial charge in [-0.2, -0.15) is 10.2 Å². The van der Waals surface area contributed by atoms with E-state index in [1.807, 2.05) is 20.9 Å². The van der Waals surface area contributed by atoms with Crippen molar-refractivity contribution >= 4 is 15.5 Å². The van der Waals surface area contributed by atoms with Crippen LogP contribution in [-0.4, -0.2) is 39.5 Å². The van der Waals surface area contributed by atoms with Crippen LogP contribution in [0.2, 0.25) is 0 Å². The van der Waals surface area contributed by atoms with Gasteiger partial charge in [-0.3, -0.25) is 9.36 Å². The largest absolute Gasteiger partial charge is 0.396 e. The average molecular weight is 309 g/mol. The van der Waals surface area contributed by atoms with E-state index in [1.54, 1.807) is 15.6 Å². The maximum atomic E-state index is 11.6. The summed E-state index contributed by atoms with van der Waals surface area (Å²) in [5, 5.41) is 8.91. The molecule has 8 heteroatoms. The molecule has 114 valence electrons. The lowest BCUT2D eigenvalue weighted by atomic mass is 10.1. The van der Waals surface area contributed by atoms with Crippen LogP contribution in [0.15, 0.2) is 6.20 Å². The quantitative estimate of drug-likeness (QED) is 0.887. The highest BCUT2D eigenvalue weighted by Gasteiger charge is 2.30. The van der Waals surface area contributed by atoms with Gasteiger partial charge in [0.2, 0.25) is 0 Å². The van der Waals surface area contributed by atoms with E-state index in [1.165, 1.54) is 0 Å². The third kappa shape index (κ3) is 2.33. The Labute approximate surface area is 123 Å². The van der Waals surface area contributed by atoms with Gasteiger partial charge < -0.3 is 5.73 Å². The number of aromatic nitrogens is 4. The molecule has 0 bridgehead atoms. The molecule has 0 spiro atoms. The molecule has 1 aliphatic heterocycles. The smallest absolute Gasteiger partial charge is 0.152 e. The Bertz CT molecular complexity index is 803. The first-order valence-electron chi connectivity index (χ1n) is 6.84. The van der Waals surface area contributed by atoms with Crippen LogP contribution in [0.4, 0.5) is 5.69 Å². The number of hydrogen-bond donors (Lipinski definition) is 1. The predicted molar refractivity (Wildman–Crippen MR) is 80.6 cm³/mol. The van der Waals surface area contributed by atoms with Gasteiger partial charge in [0.25, 0.3) is 0 Å². The molecule has 0 aliphatic carbocycles. The maximum absolute atomic E-state index is 11.6. The standard InChI is InChI=1S/C13H19N5O2S/c1-8-12(9(2)17(3)15-8)13-11(14)6-18(16-13)10-4-5-21(19,20)7-10/h6,10H,4-5,7,14H2,1-3H3. The Morgan fingerprint density at radius 2 is 2.05 bits per heavy atom. The number of nitrogens with two attached hydrogens (primary N) is 1. The minimum absolute atomic E-state index is 0.122. The molecule has 2 N–H and O–H groups in total. The lowest BCUT2D eigenvalue weighted by Crippen LogP contribution is -2.11. The molecular weight excluding hydrogens is 290 g/mol. The number of anilines is 1. The van der Waals surface area contributed by atoms with Crippen molar-refractivity contribution in [2.75, 3.05) is 17.2 Å². The fourth-order valence-corrected chi connectivity index (χ4v) is 4.59. The van der Waals surface area contributed by atoms with Gasteiger partial charge in [0, 0.05) is 24.5 Å². The van der Waals surface area contributed by atoms with Gasteiger partial charge in [0.1, 0.15) is 5.69 Å². The SMILES string of the molecule is Cc1nn(C)c(C)c1-c1nn(C2CCS(=O)(=O)C2)cc1N. The van der Waals surface area contributed by atoms with Crippen LogP contribution < -0.4 is 5.73 Å². The minimum Gasteiger partial charge on any atom is -0.396 e. The highest BCUT2D eigenvalue weighted by atomic mass is 32.2. The molecule has 1 unspecified atom stereocenters. The Balaban J connectivity index is 2.03. The van der Waals surface area contributed by atoms with Gasteiger partial charge in [-0.15, -0.1) is 0 Å². The van der Waals surface area contributed by atoms with Gasteiger partial charge >= 0.3 is 0 Å². The van der Waals surface area contributed by atoms with E-state index in [0.29, 0.717) is 17.8 Å². The van der Waals surface area contributed by atoms with E-state index in [0.717, 1.165) is 17.0 Å². The highest BCUT2D eigenvalue weighted by Crippen LogP contribution is 2.32. The molecule has 0 aromatic carbocycles. The second kappa shape index (κ2) is 4.59. The van der Waals surface area contributed by atoms with Crippen LogP contribution in [0, 0.1) is 13.8 Å². The average Bonchev–Trinajstić information content (AvgIpc) is 2.99. The van der Waals surface area contributed by atoms with Crippen molar-refractivity contribution in [3.63, 3.8) is 0 Å². The summed E-state index contributed by atoms with van der Waals surface area (Å²) in [4.78, 5) is 0. The van der Waals surface area contributed by atoms with Crippen molar-refractivity contribution < 1.29 is 8.42 Å². The van der Waals surface area contributed by atoms with Crippen LogP contribution in [0.1, 0.15) is 23.9 Å². The van der Waals surface area contributed by atoms with Crippen molar-refractivity contribution in [1.29, 1.82) is 0 Å². The third-order valence-electron chi connectivity index (χ3n) is 4.09. The van der Waals surface area contributed by atoms with E-state index >= 15 is 0 Å². The van der Waals surface area contributed by atoms with Crippen LogP contribution in [0.25, 0.3) is 11.3 Å². The van der Waals surface area contributed by atoms with Crippen LogP contribution in [0.3, 0.4) is 0 Å². The number of sulfone groups is 1. The molecule has 7 nitrogen and oxygen atoms in total. The van der Waals surface area contributed by atoms with E-state index in [-0.39, 0.29) is 17.5 Å². The number of hydrogen-bond acceptors (Lipinski definition) is 5. The third-order valence-corrected chi connectivity index (χ3v) is 5.84. The normalized spacial score (nSPS) is 21.0. The summed E-state index contributed by atoms with van der Waals surface area (Å²) in [5.41, 5.74) is 10.1. The molecule has 0 amide bonds. The van der Waals surface area contributed by atoms with Crippen molar-refractivity contribution in [1.82, 2.24) is 19.6 Å². The first-order chi connectivity index (χ1) is 9.78. The Morgan fingerprint density at radius 1 is 1.33 bits per heavy atom. The molecule has 3 rings (SSSR count). The molecule has 1 fully saturated rings. The van der Waals surface area contributed by atoms with E-state index < -0.39 is 9.84 Å². The summed E-state index contributed by atoms with van der Waals surface area (Å²) in [6, 6.07) is -0.122. The summed E-state index contributed by atoms with van der Waals surface area (Å²) in [7, 11) is -1.06. The maximum Gasteiger partial charge on any atom is 0.152 e. The van der Waals surface area contributed by atoms with Gasteiger partial charge in [0.05, 0.1) is 28.9 Å². The van der Waals surface area contributed by atoms with Gasteiger partial charge in [-0.25, -0.2) is 8.42 Å². The number of aryl methyl sites for hydroxylation is 2. The molecular formula is C13H19N5O2S. The molecule has 1 atom stereocenters. The monoisotopic (exact) mass is 309 g/mol. The van der Waals surface area contributed by atoms with Crippen molar-refractivity contribution in [2.45, 2.75) is 26.3 Å². The Hall–Kier alpha value is -1.83. The Kier molecular flexibility index (Phi) is 3.09. The molecule has 0 saturated carbocycles. The zero-order valence-corrected chi connectivity index (χ0v) is 13.2. The van der Waals surface area contributed by atoms with Crippen molar-refractivity contribution in [3.05, 3.63) is 17.6 Å². The number of nitrogens with zero attached hydrogens (tertiary/aromatic N) is 4. The zero-order valence-electron chi connectivity index (χ0n) is 12.4. The van der Waals surface area contributed by atoms with E-state index in [4.69, 9.17) is 5.73 Å². The minimum atomic E-state index is -2.94. The second-order valence-corrected chi connectivity index (χ2v) is 7.87. The molecule has 21 heavy (non-hydrogen) atoms. The van der Waals surface area contributed by atoms with Gasteiger partial charge in [0.15, 0.2) is 9.84 Å². The first kappa shape index (κ1) is 14.1. The topological polar surface area (TPSA) is 95.8 Å². The van der Waals surface area contributed by atoms with Crippen molar-refractivity contribution in [3.8, 4) is 11.3 Å². The molecule has 3 heterocycles. The Morgan fingerprint density at radius 3 is 2.57 bits per heavy atom.